The van der Waals surface area contributed by atoms with Gasteiger partial charge in [-0.2, -0.15) is 0 Å². The number of nitrogens with two attached hydrogens (primary N) is 1. The lowest BCUT2D eigenvalue weighted by Crippen LogP contribution is -2.14. The molecular weight excluding hydrogens is 242 g/mol. The molecule has 0 unspecified atom stereocenters. The van der Waals surface area contributed by atoms with Crippen molar-refractivity contribution in [3.05, 3.63) is 34.9 Å². The van der Waals surface area contributed by atoms with E-state index in [9.17, 15) is 4.79 Å². The summed E-state index contributed by atoms with van der Waals surface area (Å²) in [5, 5.41) is 2.80. The summed E-state index contributed by atoms with van der Waals surface area (Å²) >= 11 is 5.75. The van der Waals surface area contributed by atoms with Gasteiger partial charge in [-0.05, 0) is 19.1 Å². The molecule has 0 saturated carbocycles. The number of nitrogens with one attached hydrogen (secondary N) is 2. The Morgan fingerprint density at radius 3 is 2.82 bits per heavy atom. The van der Waals surface area contributed by atoms with Crippen molar-refractivity contribution in [1.29, 1.82) is 0 Å². The molecule has 0 atom stereocenters. The number of aryl methyl sites for hydroxylation is 1. The maximum atomic E-state index is 11.7. The fraction of sp³-hybridized carbons (Fsp3) is 0.100. The topological polar surface area (TPSA) is 96.7 Å². The molecule has 2 aromatic heterocycles. The zero-order chi connectivity index (χ0) is 12.4. The SMILES string of the molecule is Cc1cc(Cl)nc(NC(=O)c2cc(N)c[nH]2)n1. The Labute approximate surface area is 102 Å². The van der Waals surface area contributed by atoms with Gasteiger partial charge in [-0.3, -0.25) is 10.1 Å². The summed E-state index contributed by atoms with van der Waals surface area (Å²) in [4.78, 5) is 22.4. The van der Waals surface area contributed by atoms with Gasteiger partial charge in [0.25, 0.3) is 5.91 Å². The minimum absolute atomic E-state index is 0.160. The van der Waals surface area contributed by atoms with Crippen LogP contribution in [-0.2, 0) is 0 Å². The molecule has 0 aliphatic heterocycles. The quantitative estimate of drug-likeness (QED) is 0.706. The number of hydrogen-bond acceptors (Lipinski definition) is 4. The summed E-state index contributed by atoms with van der Waals surface area (Å²) < 4.78 is 0. The highest BCUT2D eigenvalue weighted by molar-refractivity contribution is 6.29. The summed E-state index contributed by atoms with van der Waals surface area (Å²) in [6.07, 6.45) is 1.53. The number of halogens is 1. The van der Waals surface area contributed by atoms with E-state index in [1.54, 1.807) is 13.0 Å². The second-order valence-corrected chi connectivity index (χ2v) is 3.84. The number of amides is 1. The Kier molecular flexibility index (Phi) is 2.97. The summed E-state index contributed by atoms with van der Waals surface area (Å²) in [5.41, 5.74) is 6.99. The first kappa shape index (κ1) is 11.4. The van der Waals surface area contributed by atoms with Crippen molar-refractivity contribution in [1.82, 2.24) is 15.0 Å². The van der Waals surface area contributed by atoms with Crippen molar-refractivity contribution in [2.45, 2.75) is 6.92 Å². The van der Waals surface area contributed by atoms with Crippen molar-refractivity contribution in [3.63, 3.8) is 0 Å². The molecule has 0 spiro atoms. The van der Waals surface area contributed by atoms with E-state index in [4.69, 9.17) is 17.3 Å². The van der Waals surface area contributed by atoms with Gasteiger partial charge in [0.05, 0.1) is 0 Å². The highest BCUT2D eigenvalue weighted by atomic mass is 35.5. The maximum Gasteiger partial charge on any atom is 0.274 e. The van der Waals surface area contributed by atoms with Gasteiger partial charge in [-0.1, -0.05) is 11.6 Å². The summed E-state index contributed by atoms with van der Waals surface area (Å²) in [6.45, 7) is 1.76. The van der Waals surface area contributed by atoms with Crippen LogP contribution in [0.2, 0.25) is 5.15 Å². The number of hydrogen-bond donors (Lipinski definition) is 3. The number of carbonyl (C=O) groups excluding carboxylic acids is 1. The van der Waals surface area contributed by atoms with Crippen LogP contribution < -0.4 is 11.1 Å². The van der Waals surface area contributed by atoms with Gasteiger partial charge in [0.2, 0.25) is 5.95 Å². The van der Waals surface area contributed by atoms with Gasteiger partial charge < -0.3 is 10.7 Å². The molecule has 17 heavy (non-hydrogen) atoms. The van der Waals surface area contributed by atoms with Crippen LogP contribution in [0.25, 0.3) is 0 Å². The molecule has 7 heteroatoms. The van der Waals surface area contributed by atoms with Crippen molar-refractivity contribution >= 4 is 29.1 Å². The zero-order valence-electron chi connectivity index (χ0n) is 8.99. The Balaban J connectivity index is 2.18. The fourth-order valence-electron chi connectivity index (χ4n) is 1.30. The largest absolute Gasteiger partial charge is 0.397 e. The zero-order valence-corrected chi connectivity index (χ0v) is 9.75. The summed E-state index contributed by atoms with van der Waals surface area (Å²) in [6, 6.07) is 3.12. The Bertz CT molecular complexity index is 545. The molecule has 6 nitrogen and oxygen atoms in total. The van der Waals surface area contributed by atoms with E-state index in [2.05, 4.69) is 20.3 Å². The molecular formula is C10H10ClN5O. The van der Waals surface area contributed by atoms with E-state index < -0.39 is 0 Å². The average Bonchev–Trinajstić information content (AvgIpc) is 2.63. The first-order chi connectivity index (χ1) is 8.04. The summed E-state index contributed by atoms with van der Waals surface area (Å²) in [5.74, 6) is -0.212. The van der Waals surface area contributed by atoms with Crippen molar-refractivity contribution in [2.75, 3.05) is 11.1 Å². The maximum absolute atomic E-state index is 11.7. The van der Waals surface area contributed by atoms with Crippen LogP contribution >= 0.6 is 11.6 Å². The lowest BCUT2D eigenvalue weighted by atomic mass is 10.4. The van der Waals surface area contributed by atoms with Crippen molar-refractivity contribution in [2.24, 2.45) is 0 Å². The Morgan fingerprint density at radius 2 is 2.24 bits per heavy atom. The molecule has 0 aliphatic carbocycles. The van der Waals surface area contributed by atoms with Gasteiger partial charge in [0.15, 0.2) is 0 Å². The molecule has 2 aromatic rings. The molecule has 88 valence electrons. The summed E-state index contributed by atoms with van der Waals surface area (Å²) in [7, 11) is 0. The Hall–Kier alpha value is -2.08. The molecule has 0 bridgehead atoms. The van der Waals surface area contributed by atoms with Crippen molar-refractivity contribution < 1.29 is 4.79 Å². The predicted octanol–water partition coefficient (Wildman–Crippen LogP) is 1.60. The number of aromatic amines is 1. The van der Waals surface area contributed by atoms with Gasteiger partial charge in [-0.25, -0.2) is 9.97 Å². The molecule has 1 amide bonds. The third-order valence-electron chi connectivity index (χ3n) is 2.00. The van der Waals surface area contributed by atoms with Gasteiger partial charge in [0, 0.05) is 17.6 Å². The first-order valence-corrected chi connectivity index (χ1v) is 5.19. The number of aromatic nitrogens is 3. The normalized spacial score (nSPS) is 10.2. The number of carbonyl (C=O) groups is 1. The highest BCUT2D eigenvalue weighted by Gasteiger charge is 2.10. The second-order valence-electron chi connectivity index (χ2n) is 3.46. The van der Waals surface area contributed by atoms with Crippen LogP contribution in [0.4, 0.5) is 11.6 Å². The fourth-order valence-corrected chi connectivity index (χ4v) is 1.54. The second kappa shape index (κ2) is 4.42. The van der Waals surface area contributed by atoms with E-state index >= 15 is 0 Å². The number of nitrogen functional groups attached to an aromatic ring is 1. The molecule has 2 heterocycles. The molecule has 2 rings (SSSR count). The third kappa shape index (κ3) is 2.73. The van der Waals surface area contributed by atoms with Crippen LogP contribution in [0.1, 0.15) is 16.2 Å². The van der Waals surface area contributed by atoms with E-state index in [0.717, 1.165) is 0 Å². The molecule has 0 radical (unpaired) electrons. The van der Waals surface area contributed by atoms with Crippen LogP contribution in [0.3, 0.4) is 0 Å². The van der Waals surface area contributed by atoms with E-state index in [-0.39, 0.29) is 17.0 Å². The minimum Gasteiger partial charge on any atom is -0.397 e. The van der Waals surface area contributed by atoms with E-state index in [0.29, 0.717) is 17.1 Å². The molecule has 0 aliphatic rings. The van der Waals surface area contributed by atoms with Gasteiger partial charge >= 0.3 is 0 Å². The molecule has 4 N–H and O–H groups in total. The third-order valence-corrected chi connectivity index (χ3v) is 2.19. The number of rotatable bonds is 2. The first-order valence-electron chi connectivity index (χ1n) is 4.81. The van der Waals surface area contributed by atoms with Gasteiger partial charge in [0.1, 0.15) is 10.8 Å². The monoisotopic (exact) mass is 251 g/mol. The standard InChI is InChI=1S/C10H10ClN5O/c1-5-2-8(11)15-10(14-5)16-9(17)7-3-6(12)4-13-7/h2-4,13H,12H2,1H3,(H,14,15,16,17). The smallest absolute Gasteiger partial charge is 0.274 e. The van der Waals surface area contributed by atoms with E-state index in [1.807, 2.05) is 0 Å². The Morgan fingerprint density at radius 1 is 1.47 bits per heavy atom. The highest BCUT2D eigenvalue weighted by Crippen LogP contribution is 2.11. The number of anilines is 2. The van der Waals surface area contributed by atoms with Crippen LogP contribution in [-0.4, -0.2) is 20.9 Å². The van der Waals surface area contributed by atoms with Crippen LogP contribution in [0.15, 0.2) is 18.3 Å². The molecule has 0 saturated heterocycles. The van der Waals surface area contributed by atoms with Crippen LogP contribution in [0, 0.1) is 6.92 Å². The van der Waals surface area contributed by atoms with Gasteiger partial charge in [-0.15, -0.1) is 0 Å². The molecule has 0 fully saturated rings. The number of nitrogens with zero attached hydrogens (tertiary/aromatic N) is 2. The lowest BCUT2D eigenvalue weighted by Gasteiger charge is -2.03. The average molecular weight is 252 g/mol. The lowest BCUT2D eigenvalue weighted by molar-refractivity contribution is 0.102. The molecule has 0 aromatic carbocycles. The predicted molar refractivity (Wildman–Crippen MR) is 64.9 cm³/mol. The number of H-pyrrole nitrogens is 1. The van der Waals surface area contributed by atoms with Crippen LogP contribution in [0.5, 0.6) is 0 Å². The minimum atomic E-state index is -0.372. The van der Waals surface area contributed by atoms with Crippen molar-refractivity contribution in [3.8, 4) is 0 Å². The van der Waals surface area contributed by atoms with E-state index in [1.165, 1.54) is 12.3 Å².